The number of fused-ring (bicyclic) bond motifs is 3. The largest absolute Gasteiger partial charge is 0.458 e. The van der Waals surface area contributed by atoms with Crippen molar-refractivity contribution in [3.05, 3.63) is 57.6 Å². The second kappa shape index (κ2) is 8.61. The van der Waals surface area contributed by atoms with Gasteiger partial charge in [0.15, 0.2) is 0 Å². The molecule has 0 N–H and O–H groups in total. The molecular formula is C22H20Cl2F3NO2. The fraction of sp³-hybridized carbons (Fsp3) is 0.318. The lowest BCUT2D eigenvalue weighted by Crippen LogP contribution is -2.19. The topological polar surface area (TPSA) is 29.5 Å². The summed E-state index contributed by atoms with van der Waals surface area (Å²) in [6, 6.07) is 8.43. The normalized spacial score (nSPS) is 13.2. The molecule has 30 heavy (non-hydrogen) atoms. The zero-order chi connectivity index (χ0) is 22.2. The first-order valence-corrected chi connectivity index (χ1v) is 9.97. The lowest BCUT2D eigenvalue weighted by Gasteiger charge is -2.23. The number of halogens is 5. The Balaban J connectivity index is 2.35. The summed E-state index contributed by atoms with van der Waals surface area (Å²) < 4.78 is 45.7. The van der Waals surface area contributed by atoms with Crippen LogP contribution in [0.5, 0.6) is 0 Å². The summed E-state index contributed by atoms with van der Waals surface area (Å²) in [5, 5.41) is 2.59. The number of nitrogens with zero attached hydrogens (tertiary/aromatic N) is 1. The number of rotatable bonds is 5. The highest BCUT2D eigenvalue weighted by Gasteiger charge is 2.31. The average Bonchev–Trinajstić information content (AvgIpc) is 2.63. The van der Waals surface area contributed by atoms with Gasteiger partial charge >= 0.3 is 12.1 Å². The van der Waals surface area contributed by atoms with Crippen LogP contribution in [0.1, 0.15) is 30.6 Å². The van der Waals surface area contributed by atoms with E-state index in [-0.39, 0.29) is 0 Å². The van der Waals surface area contributed by atoms with E-state index in [9.17, 15) is 18.0 Å². The van der Waals surface area contributed by atoms with Gasteiger partial charge in [-0.3, -0.25) is 4.79 Å². The minimum atomic E-state index is -4.50. The lowest BCUT2D eigenvalue weighted by molar-refractivity contribution is -0.147. The first-order chi connectivity index (χ1) is 14.0. The van der Waals surface area contributed by atoms with Gasteiger partial charge in [0.05, 0.1) is 5.56 Å². The second-order valence-electron chi connectivity index (χ2n) is 7.40. The van der Waals surface area contributed by atoms with Crippen molar-refractivity contribution in [2.45, 2.75) is 25.6 Å². The standard InChI is InChI=1S/C22H20Cl2F3NO2/c1-12(29)30-21(6-7-28(2)3)19-11-18-17(9-14(23)10-20(18)24)16-8-13(22(25,26)27)4-5-15(16)19/h4-5,8-11,21H,6-7H2,1-3H3/t21-/m0/s1. The van der Waals surface area contributed by atoms with Crippen LogP contribution in [0.2, 0.25) is 10.0 Å². The smallest absolute Gasteiger partial charge is 0.416 e. The number of alkyl halides is 3. The maximum absolute atomic E-state index is 13.4. The Morgan fingerprint density at radius 3 is 2.30 bits per heavy atom. The van der Waals surface area contributed by atoms with Crippen LogP contribution in [-0.4, -0.2) is 31.5 Å². The molecule has 0 unspecified atom stereocenters. The van der Waals surface area contributed by atoms with Crippen LogP contribution in [0.15, 0.2) is 36.4 Å². The molecular weight excluding hydrogens is 438 g/mol. The first kappa shape index (κ1) is 22.7. The van der Waals surface area contributed by atoms with E-state index in [0.717, 1.165) is 12.1 Å². The molecule has 0 amide bonds. The van der Waals surface area contributed by atoms with Gasteiger partial charge in [-0.25, -0.2) is 0 Å². The van der Waals surface area contributed by atoms with E-state index in [1.807, 2.05) is 19.0 Å². The fourth-order valence-corrected chi connectivity index (χ4v) is 4.05. The molecule has 0 aliphatic heterocycles. The van der Waals surface area contributed by atoms with Crippen LogP contribution in [0.4, 0.5) is 13.2 Å². The van der Waals surface area contributed by atoms with E-state index in [0.29, 0.717) is 50.1 Å². The highest BCUT2D eigenvalue weighted by molar-refractivity contribution is 6.39. The molecule has 0 bridgehead atoms. The van der Waals surface area contributed by atoms with E-state index in [1.54, 1.807) is 12.1 Å². The summed E-state index contributed by atoms with van der Waals surface area (Å²) >= 11 is 12.5. The number of ether oxygens (including phenoxy) is 1. The van der Waals surface area contributed by atoms with Crippen LogP contribution < -0.4 is 0 Å². The summed E-state index contributed by atoms with van der Waals surface area (Å²) in [6.45, 7) is 1.92. The molecule has 3 nitrogen and oxygen atoms in total. The van der Waals surface area contributed by atoms with E-state index < -0.39 is 23.8 Å². The van der Waals surface area contributed by atoms with Gasteiger partial charge in [-0.2, -0.15) is 13.2 Å². The highest BCUT2D eigenvalue weighted by Crippen LogP contribution is 2.41. The van der Waals surface area contributed by atoms with Gasteiger partial charge < -0.3 is 9.64 Å². The Hall–Kier alpha value is -2.02. The molecule has 3 rings (SSSR count). The molecule has 0 heterocycles. The summed E-state index contributed by atoms with van der Waals surface area (Å²) in [5.41, 5.74) is -0.172. The number of carbonyl (C=O) groups is 1. The van der Waals surface area contributed by atoms with E-state index >= 15 is 0 Å². The van der Waals surface area contributed by atoms with Crippen LogP contribution >= 0.6 is 23.2 Å². The Bertz CT molecular complexity index is 1110. The molecule has 0 aliphatic carbocycles. The predicted octanol–water partition coefficient (Wildman–Crippen LogP) is 6.87. The molecule has 3 aromatic rings. The molecule has 160 valence electrons. The van der Waals surface area contributed by atoms with E-state index in [1.165, 1.54) is 19.1 Å². The fourth-order valence-electron chi connectivity index (χ4n) is 3.50. The van der Waals surface area contributed by atoms with Crippen LogP contribution in [-0.2, 0) is 15.7 Å². The van der Waals surface area contributed by atoms with Crippen molar-refractivity contribution in [3.8, 4) is 0 Å². The van der Waals surface area contributed by atoms with Crippen molar-refractivity contribution in [2.24, 2.45) is 0 Å². The third kappa shape index (κ3) is 4.82. The molecule has 0 aliphatic rings. The Labute approximate surface area is 182 Å². The van der Waals surface area contributed by atoms with Gasteiger partial charge in [0, 0.05) is 40.9 Å². The third-order valence-corrected chi connectivity index (χ3v) is 5.37. The Morgan fingerprint density at radius 1 is 1.03 bits per heavy atom. The molecule has 0 saturated carbocycles. The van der Waals surface area contributed by atoms with E-state index in [4.69, 9.17) is 27.9 Å². The number of esters is 1. The van der Waals surface area contributed by atoms with Crippen molar-refractivity contribution < 1.29 is 22.7 Å². The molecule has 0 radical (unpaired) electrons. The quantitative estimate of drug-likeness (QED) is 0.309. The number of benzene rings is 3. The van der Waals surface area contributed by atoms with Crippen molar-refractivity contribution in [2.75, 3.05) is 20.6 Å². The number of hydrogen-bond donors (Lipinski definition) is 0. The van der Waals surface area contributed by atoms with Gasteiger partial charge in [-0.15, -0.1) is 0 Å². The zero-order valence-corrected chi connectivity index (χ0v) is 18.1. The highest BCUT2D eigenvalue weighted by atomic mass is 35.5. The Morgan fingerprint density at radius 2 is 1.70 bits per heavy atom. The van der Waals surface area contributed by atoms with Gasteiger partial charge in [0.25, 0.3) is 0 Å². The van der Waals surface area contributed by atoms with E-state index in [2.05, 4.69) is 0 Å². The minimum absolute atomic E-state index is 0.312. The molecule has 1 atom stereocenters. The van der Waals surface area contributed by atoms with Gasteiger partial charge in [-0.05, 0) is 60.6 Å². The van der Waals surface area contributed by atoms with Gasteiger partial charge in [0.1, 0.15) is 6.10 Å². The monoisotopic (exact) mass is 457 g/mol. The molecule has 0 spiro atoms. The number of hydrogen-bond acceptors (Lipinski definition) is 3. The maximum Gasteiger partial charge on any atom is 0.416 e. The second-order valence-corrected chi connectivity index (χ2v) is 8.24. The lowest BCUT2D eigenvalue weighted by atomic mass is 9.92. The first-order valence-electron chi connectivity index (χ1n) is 9.22. The summed E-state index contributed by atoms with van der Waals surface area (Å²) in [5.74, 6) is -0.471. The van der Waals surface area contributed by atoms with Crippen molar-refractivity contribution in [3.63, 3.8) is 0 Å². The molecule has 3 aromatic carbocycles. The van der Waals surface area contributed by atoms with Gasteiger partial charge in [-0.1, -0.05) is 29.3 Å². The molecule has 0 aromatic heterocycles. The van der Waals surface area contributed by atoms with Crippen molar-refractivity contribution >= 4 is 50.7 Å². The third-order valence-electron chi connectivity index (χ3n) is 4.84. The molecule has 0 saturated heterocycles. The molecule has 0 fully saturated rings. The predicted molar refractivity (Wildman–Crippen MR) is 114 cm³/mol. The van der Waals surface area contributed by atoms with Crippen molar-refractivity contribution in [1.29, 1.82) is 0 Å². The van der Waals surface area contributed by atoms with Crippen molar-refractivity contribution in [1.82, 2.24) is 4.90 Å². The number of carbonyl (C=O) groups excluding carboxylic acids is 1. The maximum atomic E-state index is 13.4. The average molecular weight is 458 g/mol. The van der Waals surface area contributed by atoms with Crippen LogP contribution in [0.3, 0.4) is 0 Å². The zero-order valence-electron chi connectivity index (χ0n) is 16.6. The SMILES string of the molecule is CC(=O)O[C@@H](CCN(C)C)c1cc2c(Cl)cc(Cl)cc2c2cc(C(F)(F)F)ccc12. The van der Waals surface area contributed by atoms with Gasteiger partial charge in [0.2, 0.25) is 0 Å². The Kier molecular flexibility index (Phi) is 6.51. The summed E-state index contributed by atoms with van der Waals surface area (Å²) in [4.78, 5) is 13.7. The van der Waals surface area contributed by atoms with Crippen LogP contribution in [0.25, 0.3) is 21.5 Å². The van der Waals surface area contributed by atoms with Crippen LogP contribution in [0, 0.1) is 0 Å². The summed E-state index contributed by atoms with van der Waals surface area (Å²) in [7, 11) is 3.77. The minimum Gasteiger partial charge on any atom is -0.458 e. The molecule has 8 heteroatoms. The summed E-state index contributed by atoms with van der Waals surface area (Å²) in [6.07, 6.45) is -4.67.